The predicted octanol–water partition coefficient (Wildman–Crippen LogP) is -2.14. The Morgan fingerprint density at radius 2 is 1.29 bits per heavy atom. The second-order valence-electron chi connectivity index (χ2n) is 2.23. The van der Waals surface area contributed by atoms with Crippen molar-refractivity contribution in [1.82, 2.24) is 0 Å². The van der Waals surface area contributed by atoms with E-state index in [1.54, 1.807) is 0 Å². The van der Waals surface area contributed by atoms with E-state index in [4.69, 9.17) is 17.1 Å². The minimum absolute atomic E-state index is 0. The summed E-state index contributed by atoms with van der Waals surface area (Å²) in [6, 6.07) is 0. The van der Waals surface area contributed by atoms with Gasteiger partial charge in [0.15, 0.2) is 0 Å². The molecule has 0 atom stereocenters. The van der Waals surface area contributed by atoms with E-state index < -0.39 is 0 Å². The average molecular weight is 230 g/mol. The first kappa shape index (κ1) is 17.8. The molecule has 0 aromatic rings. The maximum Gasteiger partial charge on any atom is 1.00 e. The summed E-state index contributed by atoms with van der Waals surface area (Å²) in [6.45, 7) is 7.96. The molecule has 0 aliphatic carbocycles. The average Bonchev–Trinajstić information content (AvgIpc) is 2.16. The van der Waals surface area contributed by atoms with Crippen molar-refractivity contribution in [1.29, 1.82) is 0 Å². The monoisotopic (exact) mass is 230 g/mol. The molecule has 0 aliphatic rings. The Hall–Kier alpha value is 1.37. The van der Waals surface area contributed by atoms with Crippen molar-refractivity contribution in [3.63, 3.8) is 0 Å². The van der Waals surface area contributed by atoms with Gasteiger partial charge in [0, 0.05) is 0 Å². The molecule has 0 aromatic heterocycles. The summed E-state index contributed by atoms with van der Waals surface area (Å²) in [4.78, 5) is 0. The first-order valence-corrected chi connectivity index (χ1v) is 5.56. The largest absolute Gasteiger partial charge is 1.00 e. The zero-order valence-electron chi connectivity index (χ0n) is 11.5. The molecule has 0 fully saturated rings. The summed E-state index contributed by atoms with van der Waals surface area (Å²) in [7, 11) is 0. The number of rotatable bonds is 10. The molecule has 0 unspecified atom stereocenters. The number of hydrogen-bond donors (Lipinski definition) is 0. The van der Waals surface area contributed by atoms with Crippen molar-refractivity contribution in [3.05, 3.63) is 0 Å². The molecule has 0 N–H and O–H groups in total. The van der Waals surface area contributed by atoms with Crippen LogP contribution in [0.25, 0.3) is 0 Å². The van der Waals surface area contributed by atoms with E-state index in [2.05, 4.69) is 0 Å². The van der Waals surface area contributed by atoms with Crippen molar-refractivity contribution >= 4 is 15.9 Å². The Morgan fingerprint density at radius 3 is 1.64 bits per heavy atom. The van der Waals surface area contributed by atoms with E-state index in [0.29, 0.717) is 26.4 Å². The van der Waals surface area contributed by atoms with Gasteiger partial charge in [-0.15, -0.1) is 0 Å². The Morgan fingerprint density at radius 1 is 0.857 bits per heavy atom. The molecular weight excluding hydrogens is 210 g/mol. The fraction of sp³-hybridized carbons (Fsp3) is 1.00. The predicted molar refractivity (Wildman–Crippen MR) is 52.9 cm³/mol. The van der Waals surface area contributed by atoms with Crippen LogP contribution in [0.1, 0.15) is 16.7 Å². The normalized spacial score (nSPS) is 9.29. The van der Waals surface area contributed by atoms with E-state index in [9.17, 15) is 0 Å². The minimum atomic E-state index is -0.355. The van der Waals surface area contributed by atoms with E-state index in [1.807, 2.05) is 13.8 Å². The quantitative estimate of drug-likeness (QED) is 0.317. The van der Waals surface area contributed by atoms with Gasteiger partial charge in [-0.1, -0.05) is 0 Å². The van der Waals surface area contributed by atoms with Gasteiger partial charge < -0.3 is 2.85 Å². The maximum atomic E-state index is 5.20. The van der Waals surface area contributed by atoms with Crippen LogP contribution in [-0.2, 0) is 17.1 Å². The topological polar surface area (TPSA) is 36.9 Å². The molecule has 0 amide bonds. The van der Waals surface area contributed by atoms with Crippen molar-refractivity contribution < 1.29 is 49.5 Å². The zero-order valence-corrected chi connectivity index (χ0v) is 12.6. The van der Waals surface area contributed by atoms with Gasteiger partial charge in [0.1, 0.15) is 0 Å². The summed E-state index contributed by atoms with van der Waals surface area (Å²) in [5, 5.41) is 0. The summed E-state index contributed by atoms with van der Waals surface area (Å²) in [5.41, 5.74) is 0. The van der Waals surface area contributed by atoms with Crippen LogP contribution in [0.4, 0.5) is 0 Å². The Balaban J connectivity index is -0.000000240. The van der Waals surface area contributed by atoms with Crippen LogP contribution in [0.5, 0.6) is 0 Å². The molecule has 0 radical (unpaired) electrons. The van der Waals surface area contributed by atoms with Crippen LogP contribution in [0, 0.1) is 0 Å². The molecule has 80 valence electrons. The third kappa shape index (κ3) is 15.8. The summed E-state index contributed by atoms with van der Waals surface area (Å²) in [6.07, 6.45) is 0. The van der Waals surface area contributed by atoms with Crippen molar-refractivity contribution in [2.45, 2.75) is 13.8 Å². The van der Waals surface area contributed by atoms with Crippen LogP contribution in [0.3, 0.4) is 0 Å². The summed E-state index contributed by atoms with van der Waals surface area (Å²) < 4.78 is 20.6. The molecule has 0 heterocycles. The fourth-order valence-corrected chi connectivity index (χ4v) is 1.13. The van der Waals surface area contributed by atoms with Crippen LogP contribution < -0.4 is 29.6 Å². The Labute approximate surface area is 118 Å². The van der Waals surface area contributed by atoms with Gasteiger partial charge >= 0.3 is 116 Å². The Kier molecular flexibility index (Phi) is 21.3. The third-order valence-electron chi connectivity index (χ3n) is 1.24. The molecule has 6 heteroatoms. The molecule has 0 aromatic carbocycles. The molecular formula is C8H20AlNaO4. The van der Waals surface area contributed by atoms with E-state index >= 15 is 0 Å². The van der Waals surface area contributed by atoms with E-state index in [1.165, 1.54) is 0 Å². The minimum Gasteiger partial charge on any atom is -1.00 e. The van der Waals surface area contributed by atoms with Gasteiger partial charge in [-0.2, -0.15) is 0 Å². The SMILES string of the molecule is CCOCC[O][Al+][O]CCOCC.[H-].[H-].[Na+]. The zero-order chi connectivity index (χ0) is 9.78. The molecule has 0 saturated carbocycles. The number of hydrogen-bond acceptors (Lipinski definition) is 4. The summed E-state index contributed by atoms with van der Waals surface area (Å²) >= 11 is -0.355. The van der Waals surface area contributed by atoms with Crippen molar-refractivity contribution in [3.8, 4) is 0 Å². The van der Waals surface area contributed by atoms with Crippen molar-refractivity contribution in [2.24, 2.45) is 0 Å². The molecule has 0 aliphatic heterocycles. The Bertz CT molecular complexity index is 96.1. The second kappa shape index (κ2) is 16.8. The standard InChI is InChI=1S/2C4H9O2.Al.Na.2H/c2*1-2-6-4-3-5;;;;/h2*2-4H2,1H3;;;;/q2*-1;+3;+1;2*-1. The van der Waals surface area contributed by atoms with Crippen LogP contribution in [0.2, 0.25) is 0 Å². The van der Waals surface area contributed by atoms with Gasteiger partial charge in [-0.3, -0.25) is 0 Å². The number of ether oxygens (including phenoxy) is 2. The molecule has 4 nitrogen and oxygen atoms in total. The van der Waals surface area contributed by atoms with E-state index in [0.717, 1.165) is 13.2 Å². The van der Waals surface area contributed by atoms with Crippen LogP contribution >= 0.6 is 0 Å². The molecule has 14 heavy (non-hydrogen) atoms. The maximum absolute atomic E-state index is 5.20. The fourth-order valence-electron chi connectivity index (χ4n) is 0.647. The summed E-state index contributed by atoms with van der Waals surface area (Å²) in [5.74, 6) is 0. The molecule has 0 spiro atoms. The third-order valence-corrected chi connectivity index (χ3v) is 1.98. The van der Waals surface area contributed by atoms with E-state index in [-0.39, 0.29) is 48.3 Å². The van der Waals surface area contributed by atoms with Gasteiger partial charge in [-0.25, -0.2) is 0 Å². The van der Waals surface area contributed by atoms with Crippen LogP contribution in [0.15, 0.2) is 0 Å². The first-order chi connectivity index (χ1) is 6.41. The molecule has 0 rings (SSSR count). The van der Waals surface area contributed by atoms with Gasteiger partial charge in [0.2, 0.25) is 0 Å². The van der Waals surface area contributed by atoms with Crippen LogP contribution in [-0.4, -0.2) is 55.5 Å². The first-order valence-electron chi connectivity index (χ1n) is 4.62. The van der Waals surface area contributed by atoms with Gasteiger partial charge in [0.25, 0.3) is 0 Å². The molecule has 0 bridgehead atoms. The second-order valence-corrected chi connectivity index (χ2v) is 3.09. The smallest absolute Gasteiger partial charge is 1.00 e. The van der Waals surface area contributed by atoms with Gasteiger partial charge in [-0.05, 0) is 0 Å². The van der Waals surface area contributed by atoms with Gasteiger partial charge in [0.05, 0.1) is 0 Å². The molecule has 0 saturated heterocycles. The van der Waals surface area contributed by atoms with Crippen molar-refractivity contribution in [2.75, 3.05) is 39.6 Å².